The van der Waals surface area contributed by atoms with Gasteiger partial charge >= 0.3 is 0 Å². The van der Waals surface area contributed by atoms with E-state index in [2.05, 4.69) is 0 Å². The fourth-order valence-corrected chi connectivity index (χ4v) is 14.0. The van der Waals surface area contributed by atoms with Crippen molar-refractivity contribution in [3.8, 4) is 0 Å². The normalized spacial score (nSPS) is 55.7. The molecule has 8 aliphatic heterocycles. The van der Waals surface area contributed by atoms with Crippen LogP contribution in [0.1, 0.15) is 51.4 Å². The maximum Gasteiger partial charge on any atom is 0.172 e. The Hall–Kier alpha value is -1.05. The lowest BCUT2D eigenvalue weighted by Gasteiger charge is -2.66. The number of hydrogen-bond donors (Lipinski definition) is 4. The minimum atomic E-state index is -4.51. The van der Waals surface area contributed by atoms with Crippen LogP contribution in [0.3, 0.4) is 0 Å². The van der Waals surface area contributed by atoms with Gasteiger partial charge in [0.05, 0.1) is 113 Å². The lowest BCUT2D eigenvalue weighted by atomic mass is 9.54. The van der Waals surface area contributed by atoms with Crippen LogP contribution in [-0.2, 0) is 47.7 Å². The van der Waals surface area contributed by atoms with Crippen LogP contribution in [0.5, 0.6) is 0 Å². The largest absolute Gasteiger partial charge is 0.373 e. The van der Waals surface area contributed by atoms with E-state index in [-0.39, 0.29) is 86.4 Å². The number of hydrogen-bond acceptors (Lipinski definition) is 14. The van der Waals surface area contributed by atoms with Crippen molar-refractivity contribution in [3.05, 3.63) is 24.3 Å². The molecule has 8 fully saturated rings. The average molecular weight is 735 g/mol. The highest BCUT2D eigenvalue weighted by Crippen LogP contribution is 2.63. The SMILES string of the molecule is NC1(CC2CO2)C(CC2CO2)C=CC(CC2CO2)(S(=O)(=O)C2(CC3CO3)C=CC(CC3CO3)C(N)(CC3CO3)C2(N)CC2CO2)C1(N)CC1CO1. The molecule has 14 nitrogen and oxygen atoms in total. The monoisotopic (exact) mass is 734 g/mol. The Labute approximate surface area is 299 Å². The highest BCUT2D eigenvalue weighted by molar-refractivity contribution is 7.94. The fourth-order valence-electron chi connectivity index (χ4n) is 10.5. The molecular weight excluding hydrogens is 680 g/mol. The molecule has 0 spiro atoms. The number of sulfone groups is 1. The Morgan fingerprint density at radius 2 is 0.725 bits per heavy atom. The summed E-state index contributed by atoms with van der Waals surface area (Å²) in [6.45, 7) is 4.26. The van der Waals surface area contributed by atoms with Gasteiger partial charge in [-0.15, -0.1) is 0 Å². The van der Waals surface area contributed by atoms with Crippen LogP contribution in [-0.4, -0.2) is 142 Å². The highest BCUT2D eigenvalue weighted by Gasteiger charge is 2.78. The Kier molecular flexibility index (Phi) is 7.76. The van der Waals surface area contributed by atoms with Crippen LogP contribution in [0, 0.1) is 11.8 Å². The molecule has 0 saturated carbocycles. The van der Waals surface area contributed by atoms with Gasteiger partial charge in [0, 0.05) is 23.9 Å². The first-order valence-electron chi connectivity index (χ1n) is 19.0. The molecule has 10 rings (SSSR count). The molecule has 0 bridgehead atoms. The molecule has 2 aliphatic carbocycles. The number of epoxide rings is 8. The molecule has 0 aromatic rings. The van der Waals surface area contributed by atoms with Gasteiger partial charge in [-0.05, 0) is 50.4 Å². The third kappa shape index (κ3) is 5.59. The third-order valence-corrected chi connectivity index (χ3v) is 17.4. The van der Waals surface area contributed by atoms with Crippen LogP contribution in [0.25, 0.3) is 0 Å². The molecule has 0 aromatic heterocycles. The quantitative estimate of drug-likeness (QED) is 0.101. The molecule has 8 saturated heterocycles. The smallest absolute Gasteiger partial charge is 0.172 e. The number of ether oxygens (including phenoxy) is 8. The van der Waals surface area contributed by atoms with Crippen molar-refractivity contribution in [3.63, 3.8) is 0 Å². The molecule has 15 heteroatoms. The van der Waals surface area contributed by atoms with E-state index in [0.717, 1.165) is 0 Å². The second kappa shape index (κ2) is 11.5. The van der Waals surface area contributed by atoms with Crippen LogP contribution >= 0.6 is 0 Å². The van der Waals surface area contributed by atoms with Crippen molar-refractivity contribution in [1.82, 2.24) is 0 Å². The van der Waals surface area contributed by atoms with Crippen LogP contribution in [0.2, 0.25) is 0 Å². The third-order valence-electron chi connectivity index (χ3n) is 14.2. The lowest BCUT2D eigenvalue weighted by molar-refractivity contribution is 0.0563. The van der Waals surface area contributed by atoms with Crippen LogP contribution in [0.15, 0.2) is 24.3 Å². The zero-order chi connectivity index (χ0) is 35.1. The van der Waals surface area contributed by atoms with Gasteiger partial charge in [0.25, 0.3) is 0 Å². The molecule has 51 heavy (non-hydrogen) atoms. The maximum atomic E-state index is 16.9. The zero-order valence-electron chi connectivity index (χ0n) is 29.2. The van der Waals surface area contributed by atoms with Crippen molar-refractivity contribution in [1.29, 1.82) is 0 Å². The van der Waals surface area contributed by atoms with Gasteiger partial charge in [-0.3, -0.25) is 0 Å². The van der Waals surface area contributed by atoms with E-state index in [9.17, 15) is 0 Å². The topological polar surface area (TPSA) is 238 Å². The maximum absolute atomic E-state index is 16.9. The molecular formula is C36H54N4O10S. The molecule has 0 amide bonds. The molecule has 8 heterocycles. The molecule has 10 aliphatic rings. The van der Waals surface area contributed by atoms with E-state index in [4.69, 9.17) is 60.8 Å². The van der Waals surface area contributed by atoms with Gasteiger partial charge in [0.1, 0.15) is 9.49 Å². The van der Waals surface area contributed by atoms with Gasteiger partial charge < -0.3 is 60.8 Å². The second-order valence-electron chi connectivity index (χ2n) is 17.6. The van der Waals surface area contributed by atoms with Crippen molar-refractivity contribution in [2.24, 2.45) is 34.8 Å². The van der Waals surface area contributed by atoms with Crippen LogP contribution in [0.4, 0.5) is 0 Å². The van der Waals surface area contributed by atoms with Gasteiger partial charge in [0.15, 0.2) is 9.84 Å². The van der Waals surface area contributed by atoms with Gasteiger partial charge in [-0.1, -0.05) is 24.3 Å². The summed E-state index contributed by atoms with van der Waals surface area (Å²) in [6, 6.07) is 0. The molecule has 8 N–H and O–H groups in total. The summed E-state index contributed by atoms with van der Waals surface area (Å²) in [4.78, 5) is 0. The summed E-state index contributed by atoms with van der Waals surface area (Å²) < 4.78 is 77.0. The van der Waals surface area contributed by atoms with E-state index in [0.29, 0.717) is 78.5 Å². The Morgan fingerprint density at radius 3 is 1.02 bits per heavy atom. The minimum Gasteiger partial charge on any atom is -0.373 e. The van der Waals surface area contributed by atoms with Crippen molar-refractivity contribution in [2.45, 2.75) is 132 Å². The standard InChI is InChI=1S/C36H54N4O10S/c37-33(9-27-17-47-27)21(5-23-13-43-23)1-3-31(7-25-15-45-25,35(33,39)11-29-19-49-29)51(41,42)32(8-26-16-46-26)4-2-22(6-24-14-44-24)34(38,10-28-18-48-28)36(32,40)12-30-20-50-30/h1-4,21-30H,5-20,37-40H2. The van der Waals surface area contributed by atoms with E-state index in [1.807, 2.05) is 24.3 Å². The van der Waals surface area contributed by atoms with Crippen molar-refractivity contribution in [2.75, 3.05) is 52.9 Å². The zero-order valence-corrected chi connectivity index (χ0v) is 30.0. The van der Waals surface area contributed by atoms with Crippen LogP contribution < -0.4 is 22.9 Å². The summed E-state index contributed by atoms with van der Waals surface area (Å²) in [5.74, 6) is -0.505. The number of nitrogens with two attached hydrogens (primary N) is 4. The Morgan fingerprint density at radius 1 is 0.451 bits per heavy atom. The fraction of sp³-hybridized carbons (Fsp3) is 0.889. The van der Waals surface area contributed by atoms with Gasteiger partial charge in [0.2, 0.25) is 0 Å². The number of rotatable bonds is 18. The molecule has 0 aromatic carbocycles. The summed E-state index contributed by atoms with van der Waals surface area (Å²) in [7, 11) is -4.51. The molecule has 16 atom stereocenters. The van der Waals surface area contributed by atoms with E-state index < -0.39 is 41.5 Å². The molecule has 16 unspecified atom stereocenters. The van der Waals surface area contributed by atoms with Gasteiger partial charge in [-0.25, -0.2) is 8.42 Å². The molecule has 284 valence electrons. The van der Waals surface area contributed by atoms with Gasteiger partial charge in [-0.2, -0.15) is 0 Å². The van der Waals surface area contributed by atoms with E-state index in [1.54, 1.807) is 0 Å². The predicted molar refractivity (Wildman–Crippen MR) is 182 cm³/mol. The van der Waals surface area contributed by atoms with E-state index >= 15 is 8.42 Å². The highest BCUT2D eigenvalue weighted by atomic mass is 32.2. The summed E-state index contributed by atoms with van der Waals surface area (Å²) in [6.07, 6.45) is 9.40. The Balaban J connectivity index is 1.19. The average Bonchev–Trinajstić information content (AvgIpc) is 3.88. The molecule has 0 radical (unpaired) electrons. The second-order valence-corrected chi connectivity index (χ2v) is 20.0. The van der Waals surface area contributed by atoms with Crippen molar-refractivity contribution < 1.29 is 46.3 Å². The predicted octanol–water partition coefficient (Wildman–Crippen LogP) is -0.648. The van der Waals surface area contributed by atoms with Crippen molar-refractivity contribution >= 4 is 9.84 Å². The Bertz CT molecular complexity index is 1460. The minimum absolute atomic E-state index is 0.0461. The first-order valence-corrected chi connectivity index (χ1v) is 20.5. The van der Waals surface area contributed by atoms with E-state index in [1.165, 1.54) is 0 Å². The lowest BCUT2D eigenvalue weighted by Crippen LogP contribution is -2.87. The summed E-state index contributed by atoms with van der Waals surface area (Å²) >= 11 is 0. The first kappa shape index (κ1) is 34.4. The summed E-state index contributed by atoms with van der Waals surface area (Å²) in [5, 5.41) is 0. The summed E-state index contributed by atoms with van der Waals surface area (Å²) in [5.41, 5.74) is 26.1. The first-order chi connectivity index (χ1) is 24.3.